The first kappa shape index (κ1) is 10.4. The van der Waals surface area contributed by atoms with Crippen LogP contribution in [0.2, 0.25) is 0 Å². The molecule has 1 atom stereocenters. The van der Waals surface area contributed by atoms with Gasteiger partial charge in [0.05, 0.1) is 13.5 Å². The molecular weight excluding hydrogens is 270 g/mol. The van der Waals surface area contributed by atoms with Gasteiger partial charge in [0, 0.05) is 6.54 Å². The molecule has 2 aromatic carbocycles. The second-order valence-electron chi connectivity index (χ2n) is 4.50. The molecule has 0 bridgehead atoms. The van der Waals surface area contributed by atoms with E-state index in [0.717, 1.165) is 5.56 Å². The van der Waals surface area contributed by atoms with E-state index in [9.17, 15) is 0 Å². The zero-order valence-corrected chi connectivity index (χ0v) is 12.5. The summed E-state index contributed by atoms with van der Waals surface area (Å²) in [5.41, 5.74) is 0.931. The topological polar surface area (TPSA) is 12.5 Å². The van der Waals surface area contributed by atoms with E-state index in [4.69, 9.17) is 11.6 Å². The van der Waals surface area contributed by atoms with Crippen LogP contribution in [0.25, 0.3) is 0 Å². The molecule has 3 heteroatoms. The molecule has 20 heavy (non-hydrogen) atoms. The predicted octanol–water partition coefficient (Wildman–Crippen LogP) is 3.78. The number of likely N-dealkylation sites (N-methyl/N-ethyl adjacent to an activating group) is 1. The van der Waals surface area contributed by atoms with Crippen LogP contribution in [0, 0.1) is 0 Å². The maximum absolute atomic E-state index is 8.17. The van der Waals surface area contributed by atoms with E-state index in [2.05, 4.69) is 0 Å². The molecule has 0 aliphatic heterocycles. The predicted molar refractivity (Wildman–Crippen MR) is 86.5 cm³/mol. The maximum atomic E-state index is 8.17. The van der Waals surface area contributed by atoms with Crippen LogP contribution in [0.5, 0.6) is 0 Å². The van der Waals surface area contributed by atoms with Gasteiger partial charge in [-0.15, -0.1) is 12.4 Å². The molecule has 2 nitrogen and oxygen atoms in total. The number of nitrogens with zero attached hydrogens (tertiary/aromatic N) is 1. The highest BCUT2D eigenvalue weighted by atomic mass is 35.5. The fourth-order valence-corrected chi connectivity index (χ4v) is 1.72. The lowest BCUT2D eigenvalue weighted by molar-refractivity contribution is 0.0687. The third-order valence-electron chi connectivity index (χ3n) is 2.71. The molecule has 0 spiro atoms. The van der Waals surface area contributed by atoms with Crippen molar-refractivity contribution in [2.45, 2.75) is 6.10 Å². The Labute approximate surface area is 134 Å². The highest BCUT2D eigenvalue weighted by Crippen LogP contribution is 2.25. The number of rotatable bonds is 6. The maximum Gasteiger partial charge on any atom is 0.108 e. The molecule has 2 aromatic rings. The molecule has 0 aliphatic carbocycles. The van der Waals surface area contributed by atoms with Gasteiger partial charge in [-0.1, -0.05) is 60.5 Å². The van der Waals surface area contributed by atoms with Gasteiger partial charge in [0.15, 0.2) is 0 Å². The molecule has 2 rings (SSSR count). The van der Waals surface area contributed by atoms with Gasteiger partial charge >= 0.3 is 0 Å². The standard InChI is InChI=1S/C17H21NO.ClH/c1-18(2)13-14-19-17(15-9-5-3-6-10-15)16-11-7-4-8-12-16;/h3-12,17H,13-14H2,1-2H3;1H/i3D,5D,6D,9D,10D;. The Balaban J connectivity index is 0.00000312. The number of benzene rings is 2. The van der Waals surface area contributed by atoms with Crippen molar-refractivity contribution in [3.8, 4) is 0 Å². The van der Waals surface area contributed by atoms with Crippen molar-refractivity contribution < 1.29 is 11.6 Å². The van der Waals surface area contributed by atoms with Gasteiger partial charge in [0.25, 0.3) is 0 Å². The summed E-state index contributed by atoms with van der Waals surface area (Å²) >= 11 is 0. The molecule has 0 saturated carbocycles. The molecule has 0 aromatic heterocycles. The SMILES string of the molecule is Cl.[2H]c1c([2H])c([2H])c(C(OCCN(C)C)c2ccccc2)c([2H])c1[2H]. The molecular formula is C17H22ClNO. The van der Waals surface area contributed by atoms with E-state index in [0.29, 0.717) is 13.2 Å². The Kier molecular flexibility index (Phi) is 4.54. The molecule has 108 valence electrons. The third kappa shape index (κ3) is 4.97. The number of hydrogen-bond acceptors (Lipinski definition) is 2. The van der Waals surface area contributed by atoms with Gasteiger partial charge in [-0.25, -0.2) is 0 Å². The normalized spacial score (nSPS) is 15.4. The largest absolute Gasteiger partial charge is 0.367 e. The van der Waals surface area contributed by atoms with E-state index in [-0.39, 0.29) is 42.1 Å². The van der Waals surface area contributed by atoms with E-state index >= 15 is 0 Å². The molecule has 1 unspecified atom stereocenters. The van der Waals surface area contributed by atoms with Crippen LogP contribution in [0.3, 0.4) is 0 Å². The summed E-state index contributed by atoms with van der Waals surface area (Å²) in [7, 11) is 3.84. The van der Waals surface area contributed by atoms with Crippen molar-refractivity contribution in [2.75, 3.05) is 27.2 Å². The summed E-state index contributed by atoms with van der Waals surface area (Å²) in [6.07, 6.45) is -0.708. The lowest BCUT2D eigenvalue weighted by Gasteiger charge is -2.20. The Morgan fingerprint density at radius 1 is 1.05 bits per heavy atom. The number of hydrogen-bond donors (Lipinski definition) is 0. The van der Waals surface area contributed by atoms with Crippen LogP contribution >= 0.6 is 12.4 Å². The highest BCUT2D eigenvalue weighted by molar-refractivity contribution is 5.85. The Morgan fingerprint density at radius 2 is 1.70 bits per heavy atom. The second-order valence-corrected chi connectivity index (χ2v) is 4.50. The van der Waals surface area contributed by atoms with E-state index in [1.807, 2.05) is 49.3 Å². The van der Waals surface area contributed by atoms with Crippen LogP contribution in [0.4, 0.5) is 0 Å². The van der Waals surface area contributed by atoms with Gasteiger partial charge in [0.2, 0.25) is 0 Å². The summed E-state index contributed by atoms with van der Waals surface area (Å²) < 4.78 is 45.7. The van der Waals surface area contributed by atoms with Gasteiger partial charge in [-0.3, -0.25) is 0 Å². The van der Waals surface area contributed by atoms with Crippen molar-refractivity contribution in [3.05, 3.63) is 71.7 Å². The quantitative estimate of drug-likeness (QED) is 0.804. The summed E-state index contributed by atoms with van der Waals surface area (Å²) in [5.74, 6) is 0. The van der Waals surface area contributed by atoms with Crippen LogP contribution < -0.4 is 0 Å². The molecule has 0 saturated heterocycles. The minimum atomic E-state index is -0.708. The van der Waals surface area contributed by atoms with Crippen LogP contribution in [-0.4, -0.2) is 32.1 Å². The molecule has 0 fully saturated rings. The summed E-state index contributed by atoms with van der Waals surface area (Å²) in [5, 5.41) is 0. The zero-order chi connectivity index (χ0) is 17.9. The Hall–Kier alpha value is -1.35. The minimum absolute atomic E-state index is 0. The van der Waals surface area contributed by atoms with Crippen LogP contribution in [0.1, 0.15) is 24.1 Å². The monoisotopic (exact) mass is 296 g/mol. The zero-order valence-electron chi connectivity index (χ0n) is 16.6. The smallest absolute Gasteiger partial charge is 0.108 e. The van der Waals surface area contributed by atoms with Crippen molar-refractivity contribution in [1.82, 2.24) is 4.90 Å². The fourth-order valence-electron chi connectivity index (χ4n) is 1.72. The minimum Gasteiger partial charge on any atom is -0.367 e. The second kappa shape index (κ2) is 8.75. The first-order valence-electron chi connectivity index (χ1n) is 8.72. The molecule has 0 amide bonds. The van der Waals surface area contributed by atoms with Crippen molar-refractivity contribution in [3.63, 3.8) is 0 Å². The van der Waals surface area contributed by atoms with Crippen molar-refractivity contribution >= 4 is 12.4 Å². The van der Waals surface area contributed by atoms with Crippen molar-refractivity contribution in [2.24, 2.45) is 0 Å². The molecule has 0 aliphatic rings. The van der Waals surface area contributed by atoms with E-state index in [1.165, 1.54) is 0 Å². The highest BCUT2D eigenvalue weighted by Gasteiger charge is 2.13. The third-order valence-corrected chi connectivity index (χ3v) is 2.71. The van der Waals surface area contributed by atoms with Crippen LogP contribution in [0.15, 0.2) is 60.5 Å². The Bertz CT molecular complexity index is 683. The van der Waals surface area contributed by atoms with Crippen molar-refractivity contribution in [1.29, 1.82) is 0 Å². The van der Waals surface area contributed by atoms with Gasteiger partial charge < -0.3 is 9.64 Å². The first-order valence-corrected chi connectivity index (χ1v) is 6.22. The van der Waals surface area contributed by atoms with Crippen LogP contribution in [-0.2, 0) is 4.74 Å². The molecule has 0 N–H and O–H groups in total. The number of halogens is 1. The summed E-state index contributed by atoms with van der Waals surface area (Å²) in [4.78, 5) is 1.96. The fraction of sp³-hybridized carbons (Fsp3) is 0.294. The van der Waals surface area contributed by atoms with E-state index in [1.54, 1.807) is 0 Å². The summed E-state index contributed by atoms with van der Waals surface area (Å²) in [6, 6.07) is 7.68. The summed E-state index contributed by atoms with van der Waals surface area (Å²) in [6.45, 7) is 1.05. The van der Waals surface area contributed by atoms with Gasteiger partial charge in [-0.05, 0) is 25.2 Å². The van der Waals surface area contributed by atoms with Gasteiger partial charge in [0.1, 0.15) is 6.10 Å². The number of ether oxygens (including phenoxy) is 1. The molecule has 0 radical (unpaired) electrons. The Morgan fingerprint density at radius 3 is 2.30 bits per heavy atom. The lowest BCUT2D eigenvalue weighted by atomic mass is 10.0. The van der Waals surface area contributed by atoms with Gasteiger partial charge in [-0.2, -0.15) is 0 Å². The van der Waals surface area contributed by atoms with E-state index < -0.39 is 12.1 Å². The first-order chi connectivity index (χ1) is 11.3. The lowest BCUT2D eigenvalue weighted by Crippen LogP contribution is -2.20. The average Bonchev–Trinajstić information content (AvgIpc) is 2.57. The molecule has 0 heterocycles. The average molecular weight is 297 g/mol.